The average molecular weight is 215 g/mol. The van der Waals surface area contributed by atoms with Gasteiger partial charge in [-0.05, 0) is 25.1 Å². The number of hydrogen-bond acceptors (Lipinski definition) is 4. The van der Waals surface area contributed by atoms with E-state index < -0.39 is 6.09 Å². The van der Waals surface area contributed by atoms with Crippen molar-refractivity contribution in [2.45, 2.75) is 6.92 Å². The fourth-order valence-electron chi connectivity index (χ4n) is 1.09. The van der Waals surface area contributed by atoms with Crippen molar-refractivity contribution in [3.8, 4) is 12.1 Å². The van der Waals surface area contributed by atoms with Crippen LogP contribution in [0, 0.1) is 22.7 Å². The van der Waals surface area contributed by atoms with Gasteiger partial charge in [0.1, 0.15) is 6.07 Å². The molecule has 0 atom stereocenters. The zero-order chi connectivity index (χ0) is 12.0. The van der Waals surface area contributed by atoms with Gasteiger partial charge in [-0.2, -0.15) is 10.5 Å². The molecule has 1 N–H and O–H groups in total. The Morgan fingerprint density at radius 3 is 2.75 bits per heavy atom. The predicted molar refractivity (Wildman–Crippen MR) is 56.5 cm³/mol. The Morgan fingerprint density at radius 2 is 2.19 bits per heavy atom. The van der Waals surface area contributed by atoms with Gasteiger partial charge < -0.3 is 4.74 Å². The number of amides is 1. The summed E-state index contributed by atoms with van der Waals surface area (Å²) in [7, 11) is 0. The molecule has 1 rings (SSSR count). The van der Waals surface area contributed by atoms with Crippen LogP contribution < -0.4 is 5.32 Å². The molecule has 0 heterocycles. The van der Waals surface area contributed by atoms with Crippen molar-refractivity contribution in [1.82, 2.24) is 0 Å². The first-order valence-corrected chi connectivity index (χ1v) is 4.59. The topological polar surface area (TPSA) is 85.9 Å². The summed E-state index contributed by atoms with van der Waals surface area (Å²) in [4.78, 5) is 11.2. The van der Waals surface area contributed by atoms with Crippen molar-refractivity contribution in [2.75, 3.05) is 11.9 Å². The lowest BCUT2D eigenvalue weighted by molar-refractivity contribution is 0.168. The minimum Gasteiger partial charge on any atom is -0.450 e. The number of anilines is 1. The smallest absolute Gasteiger partial charge is 0.411 e. The van der Waals surface area contributed by atoms with Crippen LogP contribution in [0.4, 0.5) is 10.5 Å². The lowest BCUT2D eigenvalue weighted by Gasteiger charge is -2.06. The van der Waals surface area contributed by atoms with Gasteiger partial charge >= 0.3 is 6.09 Å². The van der Waals surface area contributed by atoms with E-state index in [1.165, 1.54) is 18.2 Å². The Balaban J connectivity index is 2.98. The number of rotatable bonds is 2. The number of nitrogens with one attached hydrogen (secondary N) is 1. The summed E-state index contributed by atoms with van der Waals surface area (Å²) in [5.74, 6) is 0. The van der Waals surface area contributed by atoms with E-state index in [2.05, 4.69) is 10.1 Å². The maximum atomic E-state index is 11.2. The van der Waals surface area contributed by atoms with Gasteiger partial charge in [0.25, 0.3) is 0 Å². The molecule has 0 aliphatic heterocycles. The van der Waals surface area contributed by atoms with Gasteiger partial charge in [-0.25, -0.2) is 4.79 Å². The third-order valence-corrected chi connectivity index (χ3v) is 1.78. The fraction of sp³-hybridized carbons (Fsp3) is 0.182. The van der Waals surface area contributed by atoms with Gasteiger partial charge in [-0.1, -0.05) is 0 Å². The Labute approximate surface area is 92.9 Å². The van der Waals surface area contributed by atoms with Crippen LogP contribution in [0.25, 0.3) is 0 Å². The third kappa shape index (κ3) is 2.73. The summed E-state index contributed by atoms with van der Waals surface area (Å²) in [5.41, 5.74) is 0.929. The second kappa shape index (κ2) is 5.38. The van der Waals surface area contributed by atoms with Crippen molar-refractivity contribution in [3.05, 3.63) is 29.3 Å². The van der Waals surface area contributed by atoms with Crippen molar-refractivity contribution >= 4 is 11.8 Å². The molecule has 0 aromatic heterocycles. The van der Waals surface area contributed by atoms with Crippen LogP contribution in [0.3, 0.4) is 0 Å². The zero-order valence-electron chi connectivity index (χ0n) is 8.65. The highest BCUT2D eigenvalue weighted by Gasteiger charge is 2.07. The van der Waals surface area contributed by atoms with E-state index in [-0.39, 0.29) is 17.9 Å². The first kappa shape index (κ1) is 11.5. The molecule has 0 saturated heterocycles. The molecule has 1 aromatic carbocycles. The molecule has 0 spiro atoms. The van der Waals surface area contributed by atoms with E-state index in [4.69, 9.17) is 10.5 Å². The second-order valence-electron chi connectivity index (χ2n) is 2.83. The van der Waals surface area contributed by atoms with E-state index in [1.807, 2.05) is 12.1 Å². The number of carbonyl (C=O) groups is 1. The van der Waals surface area contributed by atoms with Crippen LogP contribution >= 0.6 is 0 Å². The molecule has 0 aliphatic rings. The molecule has 5 heteroatoms. The number of ether oxygens (including phenoxy) is 1. The summed E-state index contributed by atoms with van der Waals surface area (Å²) in [5, 5.41) is 19.9. The van der Waals surface area contributed by atoms with Crippen molar-refractivity contribution in [3.63, 3.8) is 0 Å². The van der Waals surface area contributed by atoms with Gasteiger partial charge in [0, 0.05) is 0 Å². The summed E-state index contributed by atoms with van der Waals surface area (Å²) in [6.45, 7) is 1.92. The third-order valence-electron chi connectivity index (χ3n) is 1.78. The van der Waals surface area contributed by atoms with Crippen LogP contribution in [0.1, 0.15) is 18.1 Å². The minimum absolute atomic E-state index is 0.242. The monoisotopic (exact) mass is 215 g/mol. The average Bonchev–Trinajstić information content (AvgIpc) is 2.29. The standard InChI is InChI=1S/C11H9N3O2/c1-2-16-11(15)14-10-5-8(6-12)3-4-9(10)7-13/h3-5H,2H2,1H3,(H,14,15). The van der Waals surface area contributed by atoms with E-state index in [9.17, 15) is 4.79 Å². The van der Waals surface area contributed by atoms with E-state index in [1.54, 1.807) is 6.92 Å². The molecular weight excluding hydrogens is 206 g/mol. The first-order valence-electron chi connectivity index (χ1n) is 4.59. The van der Waals surface area contributed by atoms with Crippen LogP contribution in [-0.2, 0) is 4.74 Å². The largest absolute Gasteiger partial charge is 0.450 e. The Bertz CT molecular complexity index is 483. The van der Waals surface area contributed by atoms with Crippen LogP contribution in [-0.4, -0.2) is 12.7 Å². The zero-order valence-corrected chi connectivity index (χ0v) is 8.65. The summed E-state index contributed by atoms with van der Waals surface area (Å²) < 4.78 is 4.68. The van der Waals surface area contributed by atoms with Gasteiger partial charge in [-0.15, -0.1) is 0 Å². The van der Waals surface area contributed by atoms with Crippen molar-refractivity contribution in [2.24, 2.45) is 0 Å². The molecule has 0 unspecified atom stereocenters. The summed E-state index contributed by atoms with van der Waals surface area (Å²) in [6.07, 6.45) is -0.644. The summed E-state index contributed by atoms with van der Waals surface area (Å²) in [6, 6.07) is 8.24. The number of carbonyl (C=O) groups excluding carboxylic acids is 1. The summed E-state index contributed by atoms with van der Waals surface area (Å²) >= 11 is 0. The highest BCUT2D eigenvalue weighted by molar-refractivity contribution is 5.86. The molecule has 0 saturated carbocycles. The van der Waals surface area contributed by atoms with E-state index >= 15 is 0 Å². The number of nitrogens with zero attached hydrogens (tertiary/aromatic N) is 2. The van der Waals surface area contributed by atoms with Crippen LogP contribution in [0.15, 0.2) is 18.2 Å². The molecule has 0 radical (unpaired) electrons. The minimum atomic E-state index is -0.644. The first-order chi connectivity index (χ1) is 7.71. The maximum absolute atomic E-state index is 11.2. The number of benzene rings is 1. The molecule has 1 amide bonds. The molecule has 0 fully saturated rings. The lowest BCUT2D eigenvalue weighted by atomic mass is 10.1. The fourth-order valence-corrected chi connectivity index (χ4v) is 1.09. The molecule has 0 aliphatic carbocycles. The Kier molecular flexibility index (Phi) is 3.88. The maximum Gasteiger partial charge on any atom is 0.411 e. The van der Waals surface area contributed by atoms with E-state index in [0.29, 0.717) is 5.56 Å². The Morgan fingerprint density at radius 1 is 1.44 bits per heavy atom. The Hall–Kier alpha value is -2.53. The molecule has 1 aromatic rings. The molecule has 16 heavy (non-hydrogen) atoms. The predicted octanol–water partition coefficient (Wildman–Crippen LogP) is 2.00. The molecular formula is C11H9N3O2. The second-order valence-corrected chi connectivity index (χ2v) is 2.83. The van der Waals surface area contributed by atoms with Crippen molar-refractivity contribution in [1.29, 1.82) is 10.5 Å². The van der Waals surface area contributed by atoms with Crippen LogP contribution in [0.5, 0.6) is 0 Å². The number of nitriles is 2. The SMILES string of the molecule is CCOC(=O)Nc1cc(C#N)ccc1C#N. The lowest BCUT2D eigenvalue weighted by Crippen LogP contribution is -2.14. The normalized spacial score (nSPS) is 8.69. The van der Waals surface area contributed by atoms with Gasteiger partial charge in [-0.3, -0.25) is 5.32 Å². The molecule has 0 bridgehead atoms. The van der Waals surface area contributed by atoms with Crippen LogP contribution in [0.2, 0.25) is 0 Å². The van der Waals surface area contributed by atoms with Gasteiger partial charge in [0.05, 0.1) is 29.5 Å². The van der Waals surface area contributed by atoms with Gasteiger partial charge in [0.2, 0.25) is 0 Å². The quantitative estimate of drug-likeness (QED) is 0.817. The highest BCUT2D eigenvalue weighted by Crippen LogP contribution is 2.16. The van der Waals surface area contributed by atoms with E-state index in [0.717, 1.165) is 0 Å². The number of hydrogen-bond donors (Lipinski definition) is 1. The highest BCUT2D eigenvalue weighted by atomic mass is 16.5. The molecule has 80 valence electrons. The molecule has 5 nitrogen and oxygen atoms in total. The van der Waals surface area contributed by atoms with Crippen molar-refractivity contribution < 1.29 is 9.53 Å². The van der Waals surface area contributed by atoms with Gasteiger partial charge in [0.15, 0.2) is 0 Å².